The Balaban J connectivity index is 2.37. The first-order valence-corrected chi connectivity index (χ1v) is 5.14. The molecule has 0 bridgehead atoms. The van der Waals surface area contributed by atoms with Crippen LogP contribution in [0, 0.1) is 0 Å². The van der Waals surface area contributed by atoms with Crippen molar-refractivity contribution in [3.05, 3.63) is 0 Å². The van der Waals surface area contributed by atoms with Crippen LogP contribution < -0.4 is 5.32 Å². The molecule has 1 aliphatic heterocycles. The first-order valence-electron chi connectivity index (χ1n) is 5.14. The van der Waals surface area contributed by atoms with Gasteiger partial charge in [-0.15, -0.1) is 0 Å². The summed E-state index contributed by atoms with van der Waals surface area (Å²) < 4.78 is 4.46. The maximum atomic E-state index is 11.5. The van der Waals surface area contributed by atoms with Gasteiger partial charge in [0.2, 0.25) is 5.91 Å². The Labute approximate surface area is 93.9 Å². The quantitative estimate of drug-likeness (QED) is 0.686. The summed E-state index contributed by atoms with van der Waals surface area (Å²) in [4.78, 5) is 34.8. The molecule has 0 aromatic carbocycles. The van der Waals surface area contributed by atoms with E-state index < -0.39 is 6.09 Å². The third-order valence-corrected chi connectivity index (χ3v) is 2.45. The van der Waals surface area contributed by atoms with Crippen molar-refractivity contribution in [1.29, 1.82) is 0 Å². The molecule has 1 rings (SSSR count). The molecule has 1 heterocycles. The molecule has 6 heteroatoms. The minimum absolute atomic E-state index is 0.0645. The second-order valence-electron chi connectivity index (χ2n) is 3.84. The van der Waals surface area contributed by atoms with Gasteiger partial charge in [0.15, 0.2) is 0 Å². The van der Waals surface area contributed by atoms with E-state index in [1.54, 1.807) is 4.90 Å². The fraction of sp³-hybridized carbons (Fsp3) is 0.700. The molecule has 1 atom stereocenters. The lowest BCUT2D eigenvalue weighted by molar-refractivity contribution is -0.134. The number of nitrogens with zero attached hydrogens (tertiary/aromatic N) is 1. The van der Waals surface area contributed by atoms with Crippen LogP contribution in [0.3, 0.4) is 0 Å². The van der Waals surface area contributed by atoms with Gasteiger partial charge < -0.3 is 15.0 Å². The maximum Gasteiger partial charge on any atom is 0.407 e. The molecule has 1 N–H and O–H groups in total. The number of hydrogen-bond acceptors (Lipinski definition) is 4. The predicted octanol–water partition coefficient (Wildman–Crippen LogP) is -0.0776. The van der Waals surface area contributed by atoms with Gasteiger partial charge in [-0.2, -0.15) is 0 Å². The Morgan fingerprint density at radius 1 is 1.44 bits per heavy atom. The molecule has 1 fully saturated rings. The fourth-order valence-corrected chi connectivity index (χ4v) is 1.65. The number of ether oxygens (including phenoxy) is 1. The van der Waals surface area contributed by atoms with Crippen LogP contribution in [-0.2, 0) is 14.3 Å². The number of likely N-dealkylation sites (tertiary alicyclic amines) is 1. The zero-order valence-electron chi connectivity index (χ0n) is 9.49. The predicted molar refractivity (Wildman–Crippen MR) is 55.8 cm³/mol. The van der Waals surface area contributed by atoms with Crippen LogP contribution in [0.25, 0.3) is 0 Å². The van der Waals surface area contributed by atoms with Gasteiger partial charge in [-0.05, 0) is 13.3 Å². The second-order valence-corrected chi connectivity index (χ2v) is 3.84. The van der Waals surface area contributed by atoms with Crippen LogP contribution in [-0.4, -0.2) is 48.9 Å². The van der Waals surface area contributed by atoms with E-state index in [4.69, 9.17) is 0 Å². The van der Waals surface area contributed by atoms with E-state index >= 15 is 0 Å². The second kappa shape index (κ2) is 5.48. The minimum Gasteiger partial charge on any atom is -0.453 e. The van der Waals surface area contributed by atoms with Crippen molar-refractivity contribution in [2.24, 2.45) is 0 Å². The van der Waals surface area contributed by atoms with Crippen LogP contribution in [0.2, 0.25) is 0 Å². The first kappa shape index (κ1) is 12.5. The number of carbonyl (C=O) groups excluding carboxylic acids is 3. The lowest BCUT2D eigenvalue weighted by Gasteiger charge is -2.16. The Morgan fingerprint density at radius 3 is 2.69 bits per heavy atom. The number of hydrogen-bond donors (Lipinski definition) is 1. The summed E-state index contributed by atoms with van der Waals surface area (Å²) in [7, 11) is 1.29. The average molecular weight is 228 g/mol. The summed E-state index contributed by atoms with van der Waals surface area (Å²) in [5, 5.41) is 2.63. The Hall–Kier alpha value is -1.59. The van der Waals surface area contributed by atoms with Crippen LogP contribution in [0.1, 0.15) is 19.8 Å². The van der Waals surface area contributed by atoms with Gasteiger partial charge in [0.05, 0.1) is 19.6 Å². The third-order valence-electron chi connectivity index (χ3n) is 2.45. The summed E-state index contributed by atoms with van der Waals surface area (Å²) in [5.74, 6) is -0.323. The molecule has 16 heavy (non-hydrogen) atoms. The lowest BCUT2D eigenvalue weighted by atomic mass is 10.3. The highest BCUT2D eigenvalue weighted by Crippen LogP contribution is 2.10. The summed E-state index contributed by atoms with van der Waals surface area (Å²) >= 11 is 0. The van der Waals surface area contributed by atoms with Gasteiger partial charge in [0.1, 0.15) is 5.78 Å². The minimum atomic E-state index is -0.495. The van der Waals surface area contributed by atoms with Crippen LogP contribution in [0.5, 0.6) is 0 Å². The number of carbonyl (C=O) groups is 3. The highest BCUT2D eigenvalue weighted by atomic mass is 16.5. The number of nitrogens with one attached hydrogen (secondary N) is 1. The van der Waals surface area contributed by atoms with Crippen molar-refractivity contribution < 1.29 is 19.1 Å². The van der Waals surface area contributed by atoms with Gasteiger partial charge in [0.25, 0.3) is 0 Å². The molecular weight excluding hydrogens is 212 g/mol. The maximum absolute atomic E-state index is 11.5. The summed E-state index contributed by atoms with van der Waals surface area (Å²) in [6.45, 7) is 2.40. The largest absolute Gasteiger partial charge is 0.453 e. The molecule has 0 spiro atoms. The average Bonchev–Trinajstić information content (AvgIpc) is 2.65. The van der Waals surface area contributed by atoms with Crippen molar-refractivity contribution in [3.63, 3.8) is 0 Å². The number of methoxy groups -OCH3 is 1. The topological polar surface area (TPSA) is 75.7 Å². The van der Waals surface area contributed by atoms with E-state index in [2.05, 4.69) is 10.1 Å². The molecule has 6 nitrogen and oxygen atoms in total. The van der Waals surface area contributed by atoms with E-state index in [-0.39, 0.29) is 24.2 Å². The molecule has 1 saturated heterocycles. The number of amides is 2. The first-order chi connectivity index (χ1) is 7.52. The summed E-state index contributed by atoms with van der Waals surface area (Å²) in [6, 6.07) is -0.0802. The molecule has 2 amide bonds. The lowest BCUT2D eigenvalue weighted by Crippen LogP contribution is -2.38. The van der Waals surface area contributed by atoms with Crippen molar-refractivity contribution in [1.82, 2.24) is 10.2 Å². The summed E-state index contributed by atoms with van der Waals surface area (Å²) in [5.41, 5.74) is 0. The molecular formula is C10H16N2O4. The Bertz CT molecular complexity index is 303. The SMILES string of the molecule is COC(=O)NC1CCN(C(=O)CC(C)=O)C1. The Morgan fingerprint density at radius 2 is 2.12 bits per heavy atom. The third kappa shape index (κ3) is 3.52. The fourth-order valence-electron chi connectivity index (χ4n) is 1.65. The molecule has 0 aromatic heterocycles. The molecule has 1 aliphatic rings. The van der Waals surface area contributed by atoms with Gasteiger partial charge in [-0.3, -0.25) is 9.59 Å². The van der Waals surface area contributed by atoms with E-state index in [0.29, 0.717) is 19.5 Å². The number of ketones is 1. The van der Waals surface area contributed by atoms with E-state index in [9.17, 15) is 14.4 Å². The molecule has 0 saturated carbocycles. The standard InChI is InChI=1S/C10H16N2O4/c1-7(13)5-9(14)12-4-3-8(6-12)11-10(15)16-2/h8H,3-6H2,1-2H3,(H,11,15). The van der Waals surface area contributed by atoms with Gasteiger partial charge in [-0.25, -0.2) is 4.79 Å². The molecule has 0 aliphatic carbocycles. The van der Waals surface area contributed by atoms with Gasteiger partial charge in [0, 0.05) is 13.1 Å². The molecule has 1 unspecified atom stereocenters. The normalized spacial score (nSPS) is 19.4. The van der Waals surface area contributed by atoms with Crippen molar-refractivity contribution >= 4 is 17.8 Å². The van der Waals surface area contributed by atoms with Gasteiger partial charge in [-0.1, -0.05) is 0 Å². The smallest absolute Gasteiger partial charge is 0.407 e. The number of alkyl carbamates (subject to hydrolysis) is 1. The highest BCUT2D eigenvalue weighted by molar-refractivity contribution is 5.96. The Kier molecular flexibility index (Phi) is 4.28. The van der Waals surface area contributed by atoms with Crippen molar-refractivity contribution in [3.8, 4) is 0 Å². The van der Waals surface area contributed by atoms with Gasteiger partial charge >= 0.3 is 6.09 Å². The van der Waals surface area contributed by atoms with Crippen molar-refractivity contribution in [2.75, 3.05) is 20.2 Å². The zero-order chi connectivity index (χ0) is 12.1. The van der Waals surface area contributed by atoms with Crippen molar-refractivity contribution in [2.45, 2.75) is 25.8 Å². The van der Waals surface area contributed by atoms with Crippen LogP contribution >= 0.6 is 0 Å². The molecule has 0 radical (unpaired) electrons. The van der Waals surface area contributed by atoms with E-state index in [1.807, 2.05) is 0 Å². The molecule has 0 aromatic rings. The molecule has 90 valence electrons. The number of rotatable bonds is 3. The van der Waals surface area contributed by atoms with Crippen LogP contribution in [0.4, 0.5) is 4.79 Å². The zero-order valence-corrected chi connectivity index (χ0v) is 9.49. The van der Waals surface area contributed by atoms with E-state index in [1.165, 1.54) is 14.0 Å². The van der Waals surface area contributed by atoms with Crippen LogP contribution in [0.15, 0.2) is 0 Å². The van der Waals surface area contributed by atoms with E-state index in [0.717, 1.165) is 0 Å². The highest BCUT2D eigenvalue weighted by Gasteiger charge is 2.27. The number of Topliss-reactive ketones (excluding diaryl/α,β-unsaturated/α-hetero) is 1. The summed E-state index contributed by atoms with van der Waals surface area (Å²) in [6.07, 6.45) is 0.134. The monoisotopic (exact) mass is 228 g/mol.